The van der Waals surface area contributed by atoms with Crippen molar-refractivity contribution in [3.63, 3.8) is 0 Å². The zero-order valence-electron chi connectivity index (χ0n) is 23.6. The van der Waals surface area contributed by atoms with Crippen LogP contribution >= 0.6 is 11.3 Å². The number of nitrogens with one attached hydrogen (secondary N) is 1. The van der Waals surface area contributed by atoms with Crippen molar-refractivity contribution in [1.82, 2.24) is 25.2 Å². The van der Waals surface area contributed by atoms with E-state index in [0.29, 0.717) is 26.1 Å². The predicted octanol–water partition coefficient (Wildman–Crippen LogP) is 5.17. The van der Waals surface area contributed by atoms with E-state index in [9.17, 15) is 22.0 Å². The Bertz CT molecular complexity index is 1840. The number of nitrogens with two attached hydrogens (primary N) is 1. The van der Waals surface area contributed by atoms with Gasteiger partial charge in [-0.05, 0) is 44.0 Å². The molecule has 0 amide bonds. The van der Waals surface area contributed by atoms with Crippen LogP contribution in [0.1, 0.15) is 25.7 Å². The van der Waals surface area contributed by atoms with Crippen LogP contribution in [-0.2, 0) is 0 Å². The minimum atomic E-state index is -5.18. The molecule has 3 N–H and O–H groups in total. The van der Waals surface area contributed by atoms with Gasteiger partial charge in [0.15, 0.2) is 10.9 Å². The maximum absolute atomic E-state index is 16.8. The van der Waals surface area contributed by atoms with Gasteiger partial charge in [0.2, 0.25) is 0 Å². The minimum absolute atomic E-state index is 0.00288. The van der Waals surface area contributed by atoms with Crippen LogP contribution in [0, 0.1) is 11.6 Å². The topological polar surface area (TPSA) is 102 Å². The number of rotatable bonds is 6. The second kappa shape index (κ2) is 10.2. The van der Waals surface area contributed by atoms with Crippen molar-refractivity contribution in [1.29, 1.82) is 0 Å². The summed E-state index contributed by atoms with van der Waals surface area (Å²) in [5.41, 5.74) is 4.11. The second-order valence-corrected chi connectivity index (χ2v) is 13.2. The Hall–Kier alpha value is -3.63. The molecule has 16 heteroatoms. The Balaban J connectivity index is 1.32. The van der Waals surface area contributed by atoms with E-state index >= 15 is 4.39 Å². The molecule has 4 fully saturated rings. The summed E-state index contributed by atoms with van der Waals surface area (Å²) >= 11 is 0.788. The van der Waals surface area contributed by atoms with Crippen LogP contribution in [0.15, 0.2) is 18.2 Å². The lowest BCUT2D eigenvalue weighted by atomic mass is 9.95. The Morgan fingerprint density at radius 1 is 1.13 bits per heavy atom. The number of benzene rings is 2. The van der Waals surface area contributed by atoms with Gasteiger partial charge in [0.05, 0.1) is 21.3 Å². The fourth-order valence-electron chi connectivity index (χ4n) is 7.57. The lowest BCUT2D eigenvalue weighted by molar-refractivity contribution is -0.274. The maximum Gasteiger partial charge on any atom is 0.573 e. The van der Waals surface area contributed by atoms with Crippen LogP contribution in [-0.4, -0.2) is 82.8 Å². The zero-order valence-corrected chi connectivity index (χ0v) is 24.5. The Morgan fingerprint density at radius 3 is 2.73 bits per heavy atom. The quantitative estimate of drug-likeness (QED) is 0.274. The van der Waals surface area contributed by atoms with Crippen molar-refractivity contribution in [2.24, 2.45) is 0 Å². The van der Waals surface area contributed by atoms with E-state index in [-0.39, 0.29) is 62.3 Å². The average Bonchev–Trinajstić information content (AvgIpc) is 3.79. The first kappa shape index (κ1) is 28.8. The molecule has 9 nitrogen and oxygen atoms in total. The summed E-state index contributed by atoms with van der Waals surface area (Å²) in [5.74, 6) is -2.50. The van der Waals surface area contributed by atoms with E-state index < -0.39 is 41.0 Å². The molecular weight excluding hydrogens is 624 g/mol. The summed E-state index contributed by atoms with van der Waals surface area (Å²) in [7, 11) is 0. The van der Waals surface area contributed by atoms with Gasteiger partial charge in [-0.15, -0.1) is 13.2 Å². The van der Waals surface area contributed by atoms with Gasteiger partial charge in [-0.1, -0.05) is 11.3 Å². The van der Waals surface area contributed by atoms with E-state index in [0.717, 1.165) is 55.3 Å². The summed E-state index contributed by atoms with van der Waals surface area (Å²) in [6.45, 7) is 2.24. The number of hydrogen-bond acceptors (Lipinski definition) is 10. The third kappa shape index (κ3) is 4.79. The maximum atomic E-state index is 16.8. The van der Waals surface area contributed by atoms with Gasteiger partial charge in [-0.25, -0.2) is 18.2 Å². The lowest BCUT2D eigenvalue weighted by Crippen LogP contribution is -2.44. The van der Waals surface area contributed by atoms with E-state index in [1.165, 1.54) is 0 Å². The Kier molecular flexibility index (Phi) is 6.52. The number of thiazole rings is 1. The largest absolute Gasteiger partial charge is 0.573 e. The number of hydrogen-bond donors (Lipinski definition) is 2. The van der Waals surface area contributed by atoms with Crippen LogP contribution in [0.3, 0.4) is 0 Å². The van der Waals surface area contributed by atoms with Crippen molar-refractivity contribution in [3.05, 3.63) is 29.8 Å². The molecule has 2 aromatic carbocycles. The first-order valence-electron chi connectivity index (χ1n) is 14.6. The highest BCUT2D eigenvalue weighted by molar-refractivity contribution is 7.22. The number of ether oxygens (including phenoxy) is 2. The summed E-state index contributed by atoms with van der Waals surface area (Å²) in [6.07, 6.45) is -3.49. The fourth-order valence-corrected chi connectivity index (χ4v) is 8.33. The first-order chi connectivity index (χ1) is 21.5. The molecule has 0 aliphatic carbocycles. The number of nitrogens with zero attached hydrogens (tertiary/aromatic N) is 5. The van der Waals surface area contributed by atoms with Crippen LogP contribution in [0.4, 0.5) is 37.3 Å². The van der Waals surface area contributed by atoms with Gasteiger partial charge in [0, 0.05) is 49.1 Å². The van der Waals surface area contributed by atoms with E-state index in [1.807, 2.05) is 4.90 Å². The number of fused-ring (bicyclic) bond motifs is 5. The van der Waals surface area contributed by atoms with E-state index in [2.05, 4.69) is 29.9 Å². The van der Waals surface area contributed by atoms with Crippen molar-refractivity contribution in [2.75, 3.05) is 43.4 Å². The molecule has 4 aliphatic rings. The molecule has 238 valence electrons. The molecule has 4 unspecified atom stereocenters. The van der Waals surface area contributed by atoms with Crippen LogP contribution in [0.25, 0.3) is 32.2 Å². The third-order valence-electron chi connectivity index (χ3n) is 9.42. The highest BCUT2D eigenvalue weighted by Crippen LogP contribution is 2.46. The molecule has 2 aromatic heterocycles. The van der Waals surface area contributed by atoms with Crippen LogP contribution in [0.2, 0.25) is 0 Å². The summed E-state index contributed by atoms with van der Waals surface area (Å²) in [4.78, 5) is 17.0. The number of halogens is 6. The summed E-state index contributed by atoms with van der Waals surface area (Å²) < 4.78 is 97.7. The molecule has 6 heterocycles. The number of anilines is 2. The molecular formula is C29H27F6N7O2S. The standard InChI is InChI=1S/C29H27F6N7O2S/c30-13-8-28(4-1-5-41(28)10-13)12-43-27-39-22-17(25(40-27)42-11-14-6-15(42)9-37-14)7-19(44-29(33,34)35)20(21(22)32)16-2-3-18(31)24-23(16)38-26(36)45-24/h2-3,7,13-15,37H,1,4-6,8-12H2,(H2,36,38). The molecule has 0 saturated carbocycles. The van der Waals surface area contributed by atoms with E-state index in [4.69, 9.17) is 10.5 Å². The molecule has 0 radical (unpaired) electrons. The monoisotopic (exact) mass is 651 g/mol. The van der Waals surface area contributed by atoms with Crippen LogP contribution < -0.4 is 25.4 Å². The zero-order chi connectivity index (χ0) is 31.2. The molecule has 4 atom stereocenters. The van der Waals surface area contributed by atoms with Crippen molar-refractivity contribution in [2.45, 2.75) is 55.8 Å². The smallest absolute Gasteiger partial charge is 0.461 e. The van der Waals surface area contributed by atoms with Crippen molar-refractivity contribution >= 4 is 43.4 Å². The number of aromatic nitrogens is 3. The van der Waals surface area contributed by atoms with Gasteiger partial charge >= 0.3 is 12.4 Å². The minimum Gasteiger partial charge on any atom is -0.461 e. The molecule has 4 aliphatic heterocycles. The lowest BCUT2D eigenvalue weighted by Gasteiger charge is -2.32. The van der Waals surface area contributed by atoms with Crippen molar-refractivity contribution in [3.8, 4) is 22.9 Å². The number of nitrogen functional groups attached to an aromatic ring is 1. The fraction of sp³-hybridized carbons (Fsp3) is 0.483. The first-order valence-corrected chi connectivity index (χ1v) is 15.5. The Morgan fingerprint density at radius 2 is 1.98 bits per heavy atom. The van der Waals surface area contributed by atoms with Gasteiger partial charge < -0.3 is 25.4 Å². The Labute approximate surface area is 256 Å². The van der Waals surface area contributed by atoms with Gasteiger partial charge in [-0.2, -0.15) is 9.97 Å². The summed E-state index contributed by atoms with van der Waals surface area (Å²) in [5, 5.41) is 3.32. The predicted molar refractivity (Wildman–Crippen MR) is 155 cm³/mol. The highest BCUT2D eigenvalue weighted by atomic mass is 32.1. The third-order valence-corrected chi connectivity index (χ3v) is 10.3. The number of alkyl halides is 4. The average molecular weight is 652 g/mol. The van der Waals surface area contributed by atoms with Gasteiger partial charge in [-0.3, -0.25) is 4.90 Å². The SMILES string of the molecule is Nc1nc2c(-c3c(OC(F)(F)F)cc4c(N5CC6CC5CN6)nc(OCC56CCCN5CC(F)C6)nc4c3F)ccc(F)c2s1. The highest BCUT2D eigenvalue weighted by Gasteiger charge is 2.49. The molecule has 45 heavy (non-hydrogen) atoms. The molecule has 8 rings (SSSR count). The molecule has 2 bridgehead atoms. The van der Waals surface area contributed by atoms with Gasteiger partial charge in [0.25, 0.3) is 0 Å². The second-order valence-electron chi connectivity index (χ2n) is 12.2. The molecule has 4 aromatic rings. The van der Waals surface area contributed by atoms with Crippen molar-refractivity contribution < 1.29 is 35.8 Å². The normalized spacial score (nSPS) is 26.4. The molecule has 4 saturated heterocycles. The van der Waals surface area contributed by atoms with Gasteiger partial charge in [0.1, 0.15) is 35.7 Å². The van der Waals surface area contributed by atoms with E-state index in [1.54, 1.807) is 0 Å². The van der Waals surface area contributed by atoms with Crippen LogP contribution in [0.5, 0.6) is 11.8 Å². The molecule has 0 spiro atoms. The summed E-state index contributed by atoms with van der Waals surface area (Å²) in [6, 6.07) is 3.14. The number of piperazine rings is 1.